The summed E-state index contributed by atoms with van der Waals surface area (Å²) in [6.07, 6.45) is 0. The van der Waals surface area contributed by atoms with Crippen molar-refractivity contribution in [3.8, 4) is 5.75 Å². The van der Waals surface area contributed by atoms with Crippen molar-refractivity contribution >= 4 is 50.1 Å². The molecule has 6 heteroatoms. The van der Waals surface area contributed by atoms with E-state index in [1.54, 1.807) is 25.3 Å². The van der Waals surface area contributed by atoms with E-state index in [-0.39, 0.29) is 5.91 Å². The molecular weight excluding hydrogens is 447 g/mol. The number of hydrogen-bond donors (Lipinski definition) is 2. The SMILES string of the molecule is COc1ccc(CNC(=O)c2cc(Br)ccc2I)cc1N. The van der Waals surface area contributed by atoms with E-state index >= 15 is 0 Å². The summed E-state index contributed by atoms with van der Waals surface area (Å²) < 4.78 is 6.89. The molecule has 4 nitrogen and oxygen atoms in total. The summed E-state index contributed by atoms with van der Waals surface area (Å²) in [5, 5.41) is 2.89. The number of rotatable bonds is 4. The molecule has 0 atom stereocenters. The molecule has 0 aliphatic rings. The van der Waals surface area contributed by atoms with Crippen molar-refractivity contribution in [2.24, 2.45) is 0 Å². The zero-order chi connectivity index (χ0) is 15.4. The van der Waals surface area contributed by atoms with E-state index in [1.807, 2.05) is 18.2 Å². The highest BCUT2D eigenvalue weighted by molar-refractivity contribution is 14.1. The van der Waals surface area contributed by atoms with Crippen molar-refractivity contribution in [2.75, 3.05) is 12.8 Å². The third kappa shape index (κ3) is 4.10. The topological polar surface area (TPSA) is 64.3 Å². The molecule has 0 radical (unpaired) electrons. The lowest BCUT2D eigenvalue weighted by Crippen LogP contribution is -2.23. The van der Waals surface area contributed by atoms with Gasteiger partial charge in [0.1, 0.15) is 5.75 Å². The minimum absolute atomic E-state index is 0.116. The molecule has 2 rings (SSSR count). The summed E-state index contributed by atoms with van der Waals surface area (Å²) in [6, 6.07) is 11.1. The molecule has 0 aromatic heterocycles. The molecule has 0 saturated carbocycles. The van der Waals surface area contributed by atoms with Crippen molar-refractivity contribution < 1.29 is 9.53 Å². The van der Waals surface area contributed by atoms with Crippen LogP contribution in [0.4, 0.5) is 5.69 Å². The molecule has 0 heterocycles. The van der Waals surface area contributed by atoms with Crippen molar-refractivity contribution in [1.29, 1.82) is 0 Å². The van der Waals surface area contributed by atoms with Crippen LogP contribution in [0.1, 0.15) is 15.9 Å². The van der Waals surface area contributed by atoms with E-state index in [1.165, 1.54) is 0 Å². The van der Waals surface area contributed by atoms with E-state index in [2.05, 4.69) is 43.8 Å². The Bertz CT molecular complexity index is 677. The van der Waals surface area contributed by atoms with Crippen LogP contribution in [0.3, 0.4) is 0 Å². The summed E-state index contributed by atoms with van der Waals surface area (Å²) in [7, 11) is 1.57. The van der Waals surface area contributed by atoms with E-state index in [9.17, 15) is 4.79 Å². The Morgan fingerprint density at radius 1 is 1.33 bits per heavy atom. The molecule has 0 aliphatic carbocycles. The Morgan fingerprint density at radius 3 is 2.76 bits per heavy atom. The maximum Gasteiger partial charge on any atom is 0.252 e. The lowest BCUT2D eigenvalue weighted by atomic mass is 10.1. The maximum absolute atomic E-state index is 12.2. The summed E-state index contributed by atoms with van der Waals surface area (Å²) >= 11 is 5.52. The third-order valence-corrected chi connectivity index (χ3v) is 4.35. The van der Waals surface area contributed by atoms with Crippen LogP contribution in [0.2, 0.25) is 0 Å². The second-order valence-electron chi connectivity index (χ2n) is 4.38. The molecule has 0 spiro atoms. The highest BCUT2D eigenvalue weighted by atomic mass is 127. The van der Waals surface area contributed by atoms with Gasteiger partial charge in [0.25, 0.3) is 5.91 Å². The minimum Gasteiger partial charge on any atom is -0.495 e. The average molecular weight is 461 g/mol. The van der Waals surface area contributed by atoms with Crippen LogP contribution >= 0.6 is 38.5 Å². The summed E-state index contributed by atoms with van der Waals surface area (Å²) in [5.74, 6) is 0.515. The zero-order valence-corrected chi connectivity index (χ0v) is 15.1. The summed E-state index contributed by atoms with van der Waals surface area (Å²) in [5.41, 5.74) is 7.97. The first-order chi connectivity index (χ1) is 10.0. The highest BCUT2D eigenvalue weighted by Crippen LogP contribution is 2.22. The molecule has 0 saturated heterocycles. The van der Waals surface area contributed by atoms with Gasteiger partial charge in [0.05, 0.1) is 18.4 Å². The van der Waals surface area contributed by atoms with E-state index in [0.29, 0.717) is 23.5 Å². The number of halogens is 2. The lowest BCUT2D eigenvalue weighted by Gasteiger charge is -2.10. The van der Waals surface area contributed by atoms with Gasteiger partial charge in [-0.2, -0.15) is 0 Å². The normalized spacial score (nSPS) is 10.2. The number of carbonyl (C=O) groups excluding carboxylic acids is 1. The smallest absolute Gasteiger partial charge is 0.252 e. The number of carbonyl (C=O) groups is 1. The van der Waals surface area contributed by atoms with Crippen molar-refractivity contribution in [2.45, 2.75) is 6.54 Å². The van der Waals surface area contributed by atoms with Crippen LogP contribution in [-0.2, 0) is 6.54 Å². The van der Waals surface area contributed by atoms with Gasteiger partial charge in [0, 0.05) is 14.6 Å². The molecule has 2 aromatic rings. The quantitative estimate of drug-likeness (QED) is 0.541. The molecule has 0 unspecified atom stereocenters. The van der Waals surface area contributed by atoms with Crippen molar-refractivity contribution in [1.82, 2.24) is 5.32 Å². The Morgan fingerprint density at radius 2 is 2.10 bits per heavy atom. The van der Waals surface area contributed by atoms with Gasteiger partial charge in [0.2, 0.25) is 0 Å². The predicted molar refractivity (Wildman–Crippen MR) is 95.4 cm³/mol. The van der Waals surface area contributed by atoms with Gasteiger partial charge < -0.3 is 15.8 Å². The fourth-order valence-corrected chi connectivity index (χ4v) is 2.78. The molecule has 0 fully saturated rings. The third-order valence-electron chi connectivity index (χ3n) is 2.92. The lowest BCUT2D eigenvalue weighted by molar-refractivity contribution is 0.0950. The summed E-state index contributed by atoms with van der Waals surface area (Å²) in [4.78, 5) is 12.2. The van der Waals surface area contributed by atoms with Crippen LogP contribution in [0.15, 0.2) is 40.9 Å². The Balaban J connectivity index is 2.07. The van der Waals surface area contributed by atoms with Crippen LogP contribution in [0.25, 0.3) is 0 Å². The molecule has 0 bridgehead atoms. The number of nitrogens with two attached hydrogens (primary N) is 1. The number of benzene rings is 2. The first-order valence-corrected chi connectivity index (χ1v) is 8.04. The predicted octanol–water partition coefficient (Wildman–Crippen LogP) is 3.57. The largest absolute Gasteiger partial charge is 0.495 e. The number of nitrogen functional groups attached to an aromatic ring is 1. The molecular formula is C15H14BrIN2O2. The minimum atomic E-state index is -0.116. The number of hydrogen-bond acceptors (Lipinski definition) is 3. The molecule has 0 aliphatic heterocycles. The number of methoxy groups -OCH3 is 1. The molecule has 21 heavy (non-hydrogen) atoms. The van der Waals surface area contributed by atoms with E-state index in [4.69, 9.17) is 10.5 Å². The van der Waals surface area contributed by atoms with Crippen LogP contribution in [-0.4, -0.2) is 13.0 Å². The monoisotopic (exact) mass is 460 g/mol. The van der Waals surface area contributed by atoms with E-state index < -0.39 is 0 Å². The van der Waals surface area contributed by atoms with Gasteiger partial charge in [-0.3, -0.25) is 4.79 Å². The first-order valence-electron chi connectivity index (χ1n) is 6.17. The van der Waals surface area contributed by atoms with Gasteiger partial charge >= 0.3 is 0 Å². The fourth-order valence-electron chi connectivity index (χ4n) is 1.84. The van der Waals surface area contributed by atoms with Gasteiger partial charge in [-0.15, -0.1) is 0 Å². The Kier molecular flexibility index (Phi) is 5.46. The highest BCUT2D eigenvalue weighted by Gasteiger charge is 2.10. The second kappa shape index (κ2) is 7.13. The standard InChI is InChI=1S/C15H14BrIN2O2/c1-21-14-5-2-9(6-13(14)18)8-19-15(20)11-7-10(16)3-4-12(11)17/h2-7H,8,18H2,1H3,(H,19,20). The maximum atomic E-state index is 12.2. The molecule has 110 valence electrons. The van der Waals surface area contributed by atoms with Gasteiger partial charge in [0.15, 0.2) is 0 Å². The average Bonchev–Trinajstić information content (AvgIpc) is 2.47. The molecule has 1 amide bonds. The number of nitrogens with one attached hydrogen (secondary N) is 1. The fraction of sp³-hybridized carbons (Fsp3) is 0.133. The van der Waals surface area contributed by atoms with Crippen LogP contribution in [0.5, 0.6) is 5.75 Å². The van der Waals surface area contributed by atoms with Gasteiger partial charge in [-0.05, 0) is 58.5 Å². The van der Waals surface area contributed by atoms with Gasteiger partial charge in [-0.1, -0.05) is 22.0 Å². The summed E-state index contributed by atoms with van der Waals surface area (Å²) in [6.45, 7) is 0.412. The Labute approximate surface area is 145 Å². The van der Waals surface area contributed by atoms with Crippen LogP contribution in [0, 0.1) is 3.57 Å². The van der Waals surface area contributed by atoms with Crippen molar-refractivity contribution in [3.63, 3.8) is 0 Å². The first kappa shape index (κ1) is 16.1. The zero-order valence-electron chi connectivity index (χ0n) is 11.3. The van der Waals surface area contributed by atoms with Gasteiger partial charge in [-0.25, -0.2) is 0 Å². The second-order valence-corrected chi connectivity index (χ2v) is 6.46. The number of amides is 1. The van der Waals surface area contributed by atoms with Crippen LogP contribution < -0.4 is 15.8 Å². The Hall–Kier alpha value is -1.28. The number of anilines is 1. The van der Waals surface area contributed by atoms with Crippen molar-refractivity contribution in [3.05, 3.63) is 55.6 Å². The molecule has 3 N–H and O–H groups in total. The molecule has 2 aromatic carbocycles. The number of ether oxygens (including phenoxy) is 1. The van der Waals surface area contributed by atoms with E-state index in [0.717, 1.165) is 13.6 Å².